The molecule has 0 aromatic heterocycles. The molecule has 0 aliphatic heterocycles. The van der Waals surface area contributed by atoms with Crippen LogP contribution in [-0.2, 0) is 13.0 Å². The van der Waals surface area contributed by atoms with Crippen molar-refractivity contribution in [1.29, 1.82) is 0 Å². The van der Waals surface area contributed by atoms with Gasteiger partial charge in [0.1, 0.15) is 0 Å². The third-order valence-corrected chi connectivity index (χ3v) is 3.50. The predicted octanol–water partition coefficient (Wildman–Crippen LogP) is 3.10. The summed E-state index contributed by atoms with van der Waals surface area (Å²) in [4.78, 5) is 13.0. The molecule has 2 aromatic rings. The second kappa shape index (κ2) is 7.61. The highest BCUT2D eigenvalue weighted by atomic mass is 16.4. The molecule has 0 fully saturated rings. The highest BCUT2D eigenvalue weighted by Gasteiger charge is 2.02. The zero-order chi connectivity index (χ0) is 15.9. The standard InChI is InChI=1S/C18H22N2O2/c1-20(2)12-11-14-5-9-17(10-6-14)19-13-15-3-7-16(8-4-15)18(21)22/h3-10,19H,11-13H2,1-2H3,(H,21,22). The topological polar surface area (TPSA) is 52.6 Å². The van der Waals surface area contributed by atoms with Crippen LogP contribution in [0.25, 0.3) is 0 Å². The van der Waals surface area contributed by atoms with Crippen LogP contribution in [0.3, 0.4) is 0 Å². The fourth-order valence-corrected chi connectivity index (χ4v) is 2.11. The number of rotatable bonds is 7. The third-order valence-electron chi connectivity index (χ3n) is 3.50. The van der Waals surface area contributed by atoms with E-state index < -0.39 is 5.97 Å². The summed E-state index contributed by atoms with van der Waals surface area (Å²) in [7, 11) is 4.15. The quantitative estimate of drug-likeness (QED) is 0.824. The number of anilines is 1. The minimum atomic E-state index is -0.896. The lowest BCUT2D eigenvalue weighted by atomic mass is 10.1. The number of carbonyl (C=O) groups is 1. The summed E-state index contributed by atoms with van der Waals surface area (Å²) in [5.41, 5.74) is 3.76. The molecule has 4 nitrogen and oxygen atoms in total. The lowest BCUT2D eigenvalue weighted by Gasteiger charge is -2.10. The minimum absolute atomic E-state index is 0.314. The van der Waals surface area contributed by atoms with Gasteiger partial charge in [-0.3, -0.25) is 0 Å². The van der Waals surface area contributed by atoms with E-state index in [1.807, 2.05) is 12.1 Å². The molecule has 0 unspecified atom stereocenters. The van der Waals surface area contributed by atoms with Crippen LogP contribution in [0.5, 0.6) is 0 Å². The van der Waals surface area contributed by atoms with Crippen LogP contribution < -0.4 is 5.32 Å². The molecule has 22 heavy (non-hydrogen) atoms. The number of likely N-dealkylation sites (N-methyl/N-ethyl adjacent to an activating group) is 1. The van der Waals surface area contributed by atoms with Crippen LogP contribution in [-0.4, -0.2) is 36.6 Å². The van der Waals surface area contributed by atoms with Crippen molar-refractivity contribution in [2.45, 2.75) is 13.0 Å². The molecule has 4 heteroatoms. The summed E-state index contributed by atoms with van der Waals surface area (Å²) in [6.45, 7) is 1.72. The highest BCUT2D eigenvalue weighted by molar-refractivity contribution is 5.87. The molecule has 0 saturated heterocycles. The predicted molar refractivity (Wildman–Crippen MR) is 89.4 cm³/mol. The van der Waals surface area contributed by atoms with Crippen molar-refractivity contribution in [1.82, 2.24) is 4.90 Å². The molecular formula is C18H22N2O2. The van der Waals surface area contributed by atoms with E-state index in [1.165, 1.54) is 5.56 Å². The summed E-state index contributed by atoms with van der Waals surface area (Å²) >= 11 is 0. The molecule has 2 N–H and O–H groups in total. The van der Waals surface area contributed by atoms with Gasteiger partial charge in [0.05, 0.1) is 5.56 Å². The summed E-state index contributed by atoms with van der Waals surface area (Å²) in [6.07, 6.45) is 1.05. The zero-order valence-electron chi connectivity index (χ0n) is 13.0. The van der Waals surface area contributed by atoms with Crippen molar-refractivity contribution in [2.24, 2.45) is 0 Å². The maximum Gasteiger partial charge on any atom is 0.335 e. The number of hydrogen-bond donors (Lipinski definition) is 2. The highest BCUT2D eigenvalue weighted by Crippen LogP contribution is 2.12. The number of carboxylic acids is 1. The first-order valence-corrected chi connectivity index (χ1v) is 7.34. The van der Waals surface area contributed by atoms with Gasteiger partial charge in [-0.15, -0.1) is 0 Å². The first-order valence-electron chi connectivity index (χ1n) is 7.34. The molecule has 116 valence electrons. The molecule has 0 heterocycles. The van der Waals surface area contributed by atoms with E-state index in [0.29, 0.717) is 12.1 Å². The van der Waals surface area contributed by atoms with E-state index in [0.717, 1.165) is 24.2 Å². The second-order valence-corrected chi connectivity index (χ2v) is 5.61. The largest absolute Gasteiger partial charge is 0.478 e. The van der Waals surface area contributed by atoms with Crippen molar-refractivity contribution in [3.05, 3.63) is 65.2 Å². The van der Waals surface area contributed by atoms with Gasteiger partial charge in [0.2, 0.25) is 0 Å². The van der Waals surface area contributed by atoms with Crippen LogP contribution >= 0.6 is 0 Å². The van der Waals surface area contributed by atoms with Crippen molar-refractivity contribution >= 4 is 11.7 Å². The van der Waals surface area contributed by atoms with Crippen LogP contribution in [0, 0.1) is 0 Å². The van der Waals surface area contributed by atoms with E-state index in [2.05, 4.69) is 48.6 Å². The zero-order valence-corrected chi connectivity index (χ0v) is 13.0. The van der Waals surface area contributed by atoms with Gasteiger partial charge >= 0.3 is 5.97 Å². The Bertz CT molecular complexity index is 604. The Morgan fingerprint density at radius 1 is 1.00 bits per heavy atom. The minimum Gasteiger partial charge on any atom is -0.478 e. The molecule has 2 aromatic carbocycles. The van der Waals surface area contributed by atoms with Gasteiger partial charge < -0.3 is 15.3 Å². The van der Waals surface area contributed by atoms with Gasteiger partial charge in [-0.25, -0.2) is 4.79 Å². The monoisotopic (exact) mass is 298 g/mol. The Balaban J connectivity index is 1.87. The molecule has 0 aliphatic rings. The van der Waals surface area contributed by atoms with Crippen molar-refractivity contribution < 1.29 is 9.90 Å². The SMILES string of the molecule is CN(C)CCc1ccc(NCc2ccc(C(=O)O)cc2)cc1. The Labute approximate surface area is 131 Å². The number of benzene rings is 2. The fourth-order valence-electron chi connectivity index (χ4n) is 2.11. The molecular weight excluding hydrogens is 276 g/mol. The summed E-state index contributed by atoms with van der Waals surface area (Å²) < 4.78 is 0. The number of aromatic carboxylic acids is 1. The van der Waals surface area contributed by atoms with Crippen molar-refractivity contribution in [3.8, 4) is 0 Å². The lowest BCUT2D eigenvalue weighted by Crippen LogP contribution is -2.14. The normalized spacial score (nSPS) is 10.7. The molecule has 0 atom stereocenters. The molecule has 0 radical (unpaired) electrons. The van der Waals surface area contributed by atoms with Gasteiger partial charge in [-0.2, -0.15) is 0 Å². The Morgan fingerprint density at radius 2 is 1.59 bits per heavy atom. The van der Waals surface area contributed by atoms with Crippen molar-refractivity contribution in [2.75, 3.05) is 26.0 Å². The smallest absolute Gasteiger partial charge is 0.335 e. The van der Waals surface area contributed by atoms with E-state index in [1.54, 1.807) is 12.1 Å². The first kappa shape index (κ1) is 16.0. The average molecular weight is 298 g/mol. The number of nitrogens with one attached hydrogen (secondary N) is 1. The maximum atomic E-state index is 10.8. The van der Waals surface area contributed by atoms with Crippen LogP contribution in [0.2, 0.25) is 0 Å². The molecule has 0 spiro atoms. The van der Waals surface area contributed by atoms with Gasteiger partial charge in [0.25, 0.3) is 0 Å². The molecule has 0 saturated carbocycles. The van der Waals surface area contributed by atoms with Gasteiger partial charge in [0, 0.05) is 18.8 Å². The number of nitrogens with zero attached hydrogens (tertiary/aromatic N) is 1. The van der Waals surface area contributed by atoms with Crippen LogP contribution in [0.1, 0.15) is 21.5 Å². The van der Waals surface area contributed by atoms with Gasteiger partial charge in [0.15, 0.2) is 0 Å². The van der Waals surface area contributed by atoms with Crippen molar-refractivity contribution in [3.63, 3.8) is 0 Å². The summed E-state index contributed by atoms with van der Waals surface area (Å²) in [5, 5.41) is 12.2. The number of carboxylic acid groups (broad SMARTS) is 1. The van der Waals surface area contributed by atoms with E-state index in [-0.39, 0.29) is 0 Å². The second-order valence-electron chi connectivity index (χ2n) is 5.61. The average Bonchev–Trinajstić information content (AvgIpc) is 2.52. The van der Waals surface area contributed by atoms with E-state index in [4.69, 9.17) is 5.11 Å². The Hall–Kier alpha value is -2.33. The van der Waals surface area contributed by atoms with E-state index in [9.17, 15) is 4.79 Å². The molecule has 0 amide bonds. The Morgan fingerprint density at radius 3 is 2.14 bits per heavy atom. The molecule has 0 bridgehead atoms. The summed E-state index contributed by atoms with van der Waals surface area (Å²) in [6, 6.07) is 15.4. The van der Waals surface area contributed by atoms with Crippen LogP contribution in [0.4, 0.5) is 5.69 Å². The van der Waals surface area contributed by atoms with Gasteiger partial charge in [-0.05, 0) is 55.9 Å². The Kier molecular flexibility index (Phi) is 5.55. The van der Waals surface area contributed by atoms with Gasteiger partial charge in [-0.1, -0.05) is 24.3 Å². The molecule has 0 aliphatic carbocycles. The number of hydrogen-bond acceptors (Lipinski definition) is 3. The van der Waals surface area contributed by atoms with Crippen LogP contribution in [0.15, 0.2) is 48.5 Å². The first-order chi connectivity index (χ1) is 10.5. The third kappa shape index (κ3) is 4.90. The maximum absolute atomic E-state index is 10.8. The lowest BCUT2D eigenvalue weighted by molar-refractivity contribution is 0.0697. The molecule has 2 rings (SSSR count). The van der Waals surface area contributed by atoms with E-state index >= 15 is 0 Å². The summed E-state index contributed by atoms with van der Waals surface area (Å²) in [5.74, 6) is -0.896. The fraction of sp³-hybridized carbons (Fsp3) is 0.278.